The van der Waals surface area contributed by atoms with Gasteiger partial charge < -0.3 is 5.32 Å². The number of nitrogens with one attached hydrogen (secondary N) is 1. The minimum atomic E-state index is -1.14. The normalized spacial score (nSPS) is 20.3. The zero-order valence-corrected chi connectivity index (χ0v) is 11.4. The molecule has 0 saturated heterocycles. The summed E-state index contributed by atoms with van der Waals surface area (Å²) in [5.41, 5.74) is 7.52. The van der Waals surface area contributed by atoms with Crippen molar-refractivity contribution in [3.05, 3.63) is 42.1 Å². The third-order valence-electron chi connectivity index (χ3n) is 3.25. The minimum absolute atomic E-state index is 0. The van der Waals surface area contributed by atoms with Crippen LogP contribution in [0.15, 0.2) is 36.5 Å². The van der Waals surface area contributed by atoms with E-state index in [0.29, 0.717) is 0 Å². The van der Waals surface area contributed by atoms with Gasteiger partial charge in [0.1, 0.15) is 0 Å². The van der Waals surface area contributed by atoms with E-state index < -0.39 is 5.66 Å². The van der Waals surface area contributed by atoms with E-state index in [-0.39, 0.29) is 22.9 Å². The molecule has 1 unspecified atom stereocenters. The van der Waals surface area contributed by atoms with Crippen LogP contribution < -0.4 is 11.1 Å². The molecule has 1 atom stereocenters. The standard InChI is InChI=1S/C14H13N3O.Fe/c1-9(18)14(15)7-6-11-5-4-10-3-2-8-16-12(10)13(11)17-14;/h2-8,17H,15H2,1H3;. The van der Waals surface area contributed by atoms with Crippen LogP contribution >= 0.6 is 0 Å². The number of nitrogens with zero attached hydrogens (tertiary/aromatic N) is 1. The van der Waals surface area contributed by atoms with E-state index in [9.17, 15) is 4.79 Å². The molecule has 1 aromatic heterocycles. The number of nitrogens with two attached hydrogens (primary N) is 1. The molecule has 2 heterocycles. The number of hydrogen-bond acceptors (Lipinski definition) is 4. The van der Waals surface area contributed by atoms with Crippen LogP contribution in [0.2, 0.25) is 0 Å². The zero-order chi connectivity index (χ0) is 12.8. The number of anilines is 1. The molecule has 0 spiro atoms. The van der Waals surface area contributed by atoms with Crippen LogP contribution in [0.25, 0.3) is 17.0 Å². The van der Waals surface area contributed by atoms with Gasteiger partial charge in [0.25, 0.3) is 0 Å². The maximum atomic E-state index is 11.6. The van der Waals surface area contributed by atoms with Gasteiger partial charge in [-0.05, 0) is 24.6 Å². The molecule has 98 valence electrons. The van der Waals surface area contributed by atoms with Crippen molar-refractivity contribution in [1.29, 1.82) is 0 Å². The van der Waals surface area contributed by atoms with Gasteiger partial charge in [-0.15, -0.1) is 0 Å². The Balaban J connectivity index is 0.00000133. The number of hydrogen-bond donors (Lipinski definition) is 2. The van der Waals surface area contributed by atoms with Crippen molar-refractivity contribution in [2.24, 2.45) is 5.73 Å². The Morgan fingerprint density at radius 3 is 2.89 bits per heavy atom. The topological polar surface area (TPSA) is 68.0 Å². The third-order valence-corrected chi connectivity index (χ3v) is 3.25. The Morgan fingerprint density at radius 2 is 2.16 bits per heavy atom. The van der Waals surface area contributed by atoms with E-state index in [1.807, 2.05) is 30.3 Å². The van der Waals surface area contributed by atoms with Crippen LogP contribution in [0, 0.1) is 0 Å². The summed E-state index contributed by atoms with van der Waals surface area (Å²) in [4.78, 5) is 16.0. The predicted molar refractivity (Wildman–Crippen MR) is 72.0 cm³/mol. The molecule has 1 aromatic carbocycles. The Hall–Kier alpha value is -1.68. The first-order valence-corrected chi connectivity index (χ1v) is 5.75. The summed E-state index contributed by atoms with van der Waals surface area (Å²) in [5, 5.41) is 4.11. The number of aromatic nitrogens is 1. The largest absolute Gasteiger partial charge is 0.356 e. The number of ketones is 1. The summed E-state index contributed by atoms with van der Waals surface area (Å²) in [6.45, 7) is 1.47. The SMILES string of the molecule is CC(=O)C1(N)C=Cc2ccc3cccnc3c2N1.[Fe]. The van der Waals surface area contributed by atoms with E-state index in [0.717, 1.165) is 22.2 Å². The molecule has 1 aliphatic heterocycles. The van der Waals surface area contributed by atoms with Crippen LogP contribution in [-0.2, 0) is 21.9 Å². The Morgan fingerprint density at radius 1 is 1.37 bits per heavy atom. The number of Topliss-reactive ketones (excluding diaryl/α,β-unsaturated/α-hetero) is 1. The number of benzene rings is 1. The molecule has 5 heteroatoms. The van der Waals surface area contributed by atoms with Gasteiger partial charge in [-0.25, -0.2) is 0 Å². The predicted octanol–water partition coefficient (Wildman–Crippen LogP) is 1.92. The number of carbonyl (C=O) groups is 1. The average Bonchev–Trinajstić information content (AvgIpc) is 2.38. The zero-order valence-electron chi connectivity index (χ0n) is 10.3. The summed E-state index contributed by atoms with van der Waals surface area (Å²) in [6.07, 6.45) is 5.28. The van der Waals surface area contributed by atoms with Crippen molar-refractivity contribution in [3.8, 4) is 0 Å². The molecule has 3 N–H and O–H groups in total. The maximum Gasteiger partial charge on any atom is 0.173 e. The van der Waals surface area contributed by atoms with Crippen LogP contribution in [-0.4, -0.2) is 16.4 Å². The summed E-state index contributed by atoms with van der Waals surface area (Å²) < 4.78 is 0. The molecule has 0 aliphatic carbocycles. The second kappa shape index (κ2) is 4.78. The molecule has 19 heavy (non-hydrogen) atoms. The molecule has 0 fully saturated rings. The molecular weight excluding hydrogens is 282 g/mol. The van der Waals surface area contributed by atoms with Gasteiger partial charge in [0, 0.05) is 28.7 Å². The van der Waals surface area contributed by atoms with Crippen molar-refractivity contribution in [1.82, 2.24) is 4.98 Å². The molecule has 4 nitrogen and oxygen atoms in total. The Bertz CT molecular complexity index is 683. The number of carbonyl (C=O) groups excluding carboxylic acids is 1. The monoisotopic (exact) mass is 295 g/mol. The van der Waals surface area contributed by atoms with Gasteiger partial charge in [-0.1, -0.05) is 24.3 Å². The van der Waals surface area contributed by atoms with E-state index in [1.165, 1.54) is 6.92 Å². The summed E-state index contributed by atoms with van der Waals surface area (Å²) in [7, 11) is 0. The Kier molecular flexibility index (Phi) is 3.45. The van der Waals surface area contributed by atoms with Gasteiger partial charge in [-0.3, -0.25) is 15.5 Å². The molecule has 0 radical (unpaired) electrons. The van der Waals surface area contributed by atoms with Crippen molar-refractivity contribution in [2.45, 2.75) is 12.6 Å². The second-order valence-corrected chi connectivity index (χ2v) is 4.49. The fraction of sp³-hybridized carbons (Fsp3) is 0.143. The van der Waals surface area contributed by atoms with Crippen LogP contribution in [0.4, 0.5) is 5.69 Å². The first-order chi connectivity index (χ1) is 8.60. The number of rotatable bonds is 1. The second-order valence-electron chi connectivity index (χ2n) is 4.49. The molecule has 0 bridgehead atoms. The number of fused-ring (bicyclic) bond motifs is 3. The van der Waals surface area contributed by atoms with Gasteiger partial charge in [0.05, 0.1) is 11.2 Å². The van der Waals surface area contributed by atoms with Crippen LogP contribution in [0.1, 0.15) is 12.5 Å². The van der Waals surface area contributed by atoms with E-state index >= 15 is 0 Å². The fourth-order valence-corrected chi connectivity index (χ4v) is 2.11. The molecule has 1 aliphatic rings. The fourth-order valence-electron chi connectivity index (χ4n) is 2.11. The van der Waals surface area contributed by atoms with Crippen molar-refractivity contribution in [2.75, 3.05) is 5.32 Å². The van der Waals surface area contributed by atoms with Gasteiger partial charge in [-0.2, -0.15) is 0 Å². The first kappa shape index (κ1) is 13.7. The minimum Gasteiger partial charge on any atom is -0.356 e. The van der Waals surface area contributed by atoms with Gasteiger partial charge in [0.2, 0.25) is 0 Å². The quantitative estimate of drug-likeness (QED) is 0.789. The number of pyridine rings is 1. The van der Waals surface area contributed by atoms with Gasteiger partial charge >= 0.3 is 0 Å². The Labute approximate surface area is 121 Å². The van der Waals surface area contributed by atoms with Crippen LogP contribution in [0.5, 0.6) is 0 Å². The van der Waals surface area contributed by atoms with E-state index in [1.54, 1.807) is 12.3 Å². The van der Waals surface area contributed by atoms with E-state index in [2.05, 4.69) is 10.3 Å². The smallest absolute Gasteiger partial charge is 0.173 e. The van der Waals surface area contributed by atoms with Crippen molar-refractivity contribution in [3.63, 3.8) is 0 Å². The van der Waals surface area contributed by atoms with Crippen LogP contribution in [0.3, 0.4) is 0 Å². The van der Waals surface area contributed by atoms with Crippen molar-refractivity contribution < 1.29 is 21.9 Å². The molecule has 0 saturated carbocycles. The maximum absolute atomic E-state index is 11.6. The average molecular weight is 295 g/mol. The summed E-state index contributed by atoms with van der Waals surface area (Å²) in [6, 6.07) is 7.86. The molecular formula is C14H13FeN3O. The first-order valence-electron chi connectivity index (χ1n) is 5.75. The summed E-state index contributed by atoms with van der Waals surface area (Å²) in [5.74, 6) is -0.127. The van der Waals surface area contributed by atoms with E-state index in [4.69, 9.17) is 5.73 Å². The molecule has 3 rings (SSSR count). The summed E-state index contributed by atoms with van der Waals surface area (Å²) >= 11 is 0. The van der Waals surface area contributed by atoms with Gasteiger partial charge in [0.15, 0.2) is 11.4 Å². The third kappa shape index (κ3) is 2.16. The molecule has 2 aromatic rings. The molecule has 0 amide bonds. The van der Waals surface area contributed by atoms with Crippen molar-refractivity contribution >= 4 is 28.4 Å².